The van der Waals surface area contributed by atoms with E-state index in [1.807, 2.05) is 0 Å². The number of carbonyl (C=O) groups is 2. The van der Waals surface area contributed by atoms with Crippen molar-refractivity contribution in [3.05, 3.63) is 12.7 Å². The van der Waals surface area contributed by atoms with E-state index in [1.165, 1.54) is 0 Å². The Kier molecular flexibility index (Phi) is 2.75. The Morgan fingerprint density at radius 1 is 1.47 bits per heavy atom. The van der Waals surface area contributed by atoms with Crippen molar-refractivity contribution in [3.63, 3.8) is 0 Å². The highest BCUT2D eigenvalue weighted by Crippen LogP contribution is 2.36. The van der Waals surface area contributed by atoms with Gasteiger partial charge in [0, 0.05) is 12.0 Å². The minimum absolute atomic E-state index is 0.0473. The quantitative estimate of drug-likeness (QED) is 0.507. The molecule has 1 aliphatic heterocycles. The summed E-state index contributed by atoms with van der Waals surface area (Å²) in [6, 6.07) is 0. The molecule has 3 atom stereocenters. The average Bonchev–Trinajstić information content (AvgIpc) is 2.55. The van der Waals surface area contributed by atoms with E-state index < -0.39 is 18.0 Å². The SMILES string of the molecule is C=CC(=O)OC1C(=O)OC2CCCCC21. The Morgan fingerprint density at radius 3 is 2.93 bits per heavy atom. The number of hydrogen-bond acceptors (Lipinski definition) is 4. The van der Waals surface area contributed by atoms with Crippen LogP contribution in [0.4, 0.5) is 0 Å². The van der Waals surface area contributed by atoms with E-state index in [4.69, 9.17) is 9.47 Å². The molecule has 82 valence electrons. The number of esters is 2. The summed E-state index contributed by atoms with van der Waals surface area (Å²) >= 11 is 0. The predicted octanol–water partition coefficient (Wildman–Crippen LogP) is 1.20. The lowest BCUT2D eigenvalue weighted by Gasteiger charge is -2.24. The Bertz CT molecular complexity index is 297. The van der Waals surface area contributed by atoms with Crippen LogP contribution < -0.4 is 0 Å². The summed E-state index contributed by atoms with van der Waals surface area (Å²) in [4.78, 5) is 22.5. The highest BCUT2D eigenvalue weighted by atomic mass is 16.6. The molecular weight excluding hydrogens is 196 g/mol. The van der Waals surface area contributed by atoms with Gasteiger partial charge in [0.25, 0.3) is 0 Å². The Hall–Kier alpha value is -1.32. The van der Waals surface area contributed by atoms with Crippen LogP contribution in [0, 0.1) is 5.92 Å². The molecule has 0 spiro atoms. The molecule has 1 saturated heterocycles. The maximum atomic E-state index is 11.5. The minimum Gasteiger partial charge on any atom is -0.459 e. The molecule has 0 aromatic heterocycles. The standard InChI is InChI=1S/C11H14O4/c1-2-9(12)15-10-7-5-3-4-6-8(7)14-11(10)13/h2,7-8,10H,1,3-6H2. The lowest BCUT2D eigenvalue weighted by molar-refractivity contribution is -0.158. The Balaban J connectivity index is 2.06. The normalized spacial score (nSPS) is 34.1. The third-order valence-electron chi connectivity index (χ3n) is 3.05. The maximum absolute atomic E-state index is 11.5. The summed E-state index contributed by atoms with van der Waals surface area (Å²) < 4.78 is 10.2. The zero-order valence-corrected chi connectivity index (χ0v) is 8.48. The van der Waals surface area contributed by atoms with E-state index in [-0.39, 0.29) is 12.0 Å². The van der Waals surface area contributed by atoms with Crippen molar-refractivity contribution in [2.24, 2.45) is 5.92 Å². The van der Waals surface area contributed by atoms with Crippen LogP contribution in [0.2, 0.25) is 0 Å². The topological polar surface area (TPSA) is 52.6 Å². The molecule has 2 rings (SSSR count). The molecule has 0 bridgehead atoms. The molecule has 15 heavy (non-hydrogen) atoms. The van der Waals surface area contributed by atoms with Crippen LogP contribution in [0.15, 0.2) is 12.7 Å². The molecule has 0 aromatic carbocycles. The number of hydrogen-bond donors (Lipinski definition) is 0. The van der Waals surface area contributed by atoms with Gasteiger partial charge in [0.05, 0.1) is 0 Å². The number of carbonyl (C=O) groups excluding carboxylic acids is 2. The first-order chi connectivity index (χ1) is 7.22. The summed E-state index contributed by atoms with van der Waals surface area (Å²) in [6.07, 6.45) is 4.25. The van der Waals surface area contributed by atoms with E-state index >= 15 is 0 Å². The molecule has 4 heteroatoms. The lowest BCUT2D eigenvalue weighted by atomic mass is 9.85. The van der Waals surface area contributed by atoms with Crippen molar-refractivity contribution in [2.75, 3.05) is 0 Å². The van der Waals surface area contributed by atoms with E-state index in [9.17, 15) is 9.59 Å². The fourth-order valence-corrected chi connectivity index (χ4v) is 2.32. The zero-order valence-electron chi connectivity index (χ0n) is 8.48. The smallest absolute Gasteiger partial charge is 0.348 e. The second kappa shape index (κ2) is 4.04. The zero-order chi connectivity index (χ0) is 10.8. The molecule has 2 aliphatic rings. The third kappa shape index (κ3) is 1.89. The molecule has 0 aromatic rings. The molecule has 2 fully saturated rings. The molecule has 3 unspecified atom stereocenters. The Labute approximate surface area is 88.2 Å². The summed E-state index contributed by atoms with van der Waals surface area (Å²) in [7, 11) is 0. The van der Waals surface area contributed by atoms with Crippen molar-refractivity contribution in [2.45, 2.75) is 37.9 Å². The van der Waals surface area contributed by atoms with Gasteiger partial charge >= 0.3 is 11.9 Å². The number of fused-ring (bicyclic) bond motifs is 1. The second-order valence-corrected chi connectivity index (χ2v) is 3.99. The van der Waals surface area contributed by atoms with Crippen molar-refractivity contribution >= 4 is 11.9 Å². The molecule has 0 amide bonds. The first-order valence-electron chi connectivity index (χ1n) is 5.26. The summed E-state index contributed by atoms with van der Waals surface area (Å²) in [5, 5.41) is 0. The fraction of sp³-hybridized carbons (Fsp3) is 0.636. The Morgan fingerprint density at radius 2 is 2.20 bits per heavy atom. The van der Waals surface area contributed by atoms with Crippen LogP contribution in [-0.4, -0.2) is 24.1 Å². The van der Waals surface area contributed by atoms with Gasteiger partial charge in [-0.1, -0.05) is 13.0 Å². The molecule has 0 radical (unpaired) electrons. The maximum Gasteiger partial charge on any atom is 0.348 e. The lowest BCUT2D eigenvalue weighted by Crippen LogP contribution is -2.32. The largest absolute Gasteiger partial charge is 0.459 e. The van der Waals surface area contributed by atoms with Gasteiger partial charge in [-0.2, -0.15) is 0 Å². The van der Waals surface area contributed by atoms with Crippen LogP contribution in [0.25, 0.3) is 0 Å². The van der Waals surface area contributed by atoms with Gasteiger partial charge < -0.3 is 9.47 Å². The van der Waals surface area contributed by atoms with Crippen LogP contribution in [0.1, 0.15) is 25.7 Å². The van der Waals surface area contributed by atoms with E-state index in [0.717, 1.165) is 31.8 Å². The van der Waals surface area contributed by atoms with Crippen molar-refractivity contribution in [1.82, 2.24) is 0 Å². The van der Waals surface area contributed by atoms with Gasteiger partial charge in [0.15, 0.2) is 0 Å². The molecular formula is C11H14O4. The first kappa shape index (κ1) is 10.2. The highest BCUT2D eigenvalue weighted by molar-refractivity contribution is 5.86. The van der Waals surface area contributed by atoms with Crippen LogP contribution in [0.3, 0.4) is 0 Å². The molecule has 1 aliphatic carbocycles. The van der Waals surface area contributed by atoms with Crippen molar-refractivity contribution in [3.8, 4) is 0 Å². The summed E-state index contributed by atoms with van der Waals surface area (Å²) in [6.45, 7) is 3.31. The van der Waals surface area contributed by atoms with Crippen LogP contribution >= 0.6 is 0 Å². The van der Waals surface area contributed by atoms with E-state index in [1.54, 1.807) is 0 Å². The fourth-order valence-electron chi connectivity index (χ4n) is 2.32. The minimum atomic E-state index is -0.708. The monoisotopic (exact) mass is 210 g/mol. The van der Waals surface area contributed by atoms with Gasteiger partial charge in [0.1, 0.15) is 6.10 Å². The summed E-state index contributed by atoms with van der Waals surface area (Å²) in [5.41, 5.74) is 0. The van der Waals surface area contributed by atoms with Gasteiger partial charge in [-0.25, -0.2) is 9.59 Å². The van der Waals surface area contributed by atoms with Crippen molar-refractivity contribution in [1.29, 1.82) is 0 Å². The highest BCUT2D eigenvalue weighted by Gasteiger charge is 2.47. The molecule has 4 nitrogen and oxygen atoms in total. The van der Waals surface area contributed by atoms with Gasteiger partial charge in [-0.15, -0.1) is 0 Å². The molecule has 1 heterocycles. The van der Waals surface area contributed by atoms with Gasteiger partial charge in [-0.3, -0.25) is 0 Å². The first-order valence-corrected chi connectivity index (χ1v) is 5.26. The third-order valence-corrected chi connectivity index (χ3v) is 3.05. The van der Waals surface area contributed by atoms with Crippen LogP contribution in [0.5, 0.6) is 0 Å². The number of ether oxygens (including phenoxy) is 2. The second-order valence-electron chi connectivity index (χ2n) is 3.99. The van der Waals surface area contributed by atoms with E-state index in [2.05, 4.69) is 6.58 Å². The molecule has 1 saturated carbocycles. The summed E-state index contributed by atoms with van der Waals surface area (Å²) in [5.74, 6) is -0.902. The van der Waals surface area contributed by atoms with Crippen LogP contribution in [-0.2, 0) is 19.1 Å². The number of rotatable bonds is 2. The van der Waals surface area contributed by atoms with Gasteiger partial charge in [0.2, 0.25) is 6.10 Å². The van der Waals surface area contributed by atoms with Gasteiger partial charge in [-0.05, 0) is 19.3 Å². The van der Waals surface area contributed by atoms with Crippen molar-refractivity contribution < 1.29 is 19.1 Å². The average molecular weight is 210 g/mol. The van der Waals surface area contributed by atoms with E-state index in [0.29, 0.717) is 0 Å². The predicted molar refractivity (Wildman–Crippen MR) is 51.9 cm³/mol. The molecule has 0 N–H and O–H groups in total.